The number of hydrogen-bond acceptors (Lipinski definition) is 3. The highest BCUT2D eigenvalue weighted by Crippen LogP contribution is 2.44. The van der Waals surface area contributed by atoms with E-state index < -0.39 is 6.04 Å². The molecule has 0 radical (unpaired) electrons. The first-order valence-electron chi connectivity index (χ1n) is 7.98. The third kappa shape index (κ3) is 2.47. The number of amides is 1. The summed E-state index contributed by atoms with van der Waals surface area (Å²) in [5.41, 5.74) is 3.93. The molecule has 0 saturated heterocycles. The Morgan fingerprint density at radius 3 is 2.81 bits per heavy atom. The van der Waals surface area contributed by atoms with Crippen molar-refractivity contribution < 1.29 is 9.53 Å². The molecule has 0 spiro atoms. The van der Waals surface area contributed by atoms with Gasteiger partial charge in [0.2, 0.25) is 0 Å². The maximum Gasteiger partial charge on any atom is 0.294 e. The summed E-state index contributed by atoms with van der Waals surface area (Å²) < 4.78 is 5.37. The average Bonchev–Trinajstić information content (AvgIpc) is 3.19. The van der Waals surface area contributed by atoms with Gasteiger partial charge in [-0.05, 0) is 36.8 Å². The van der Waals surface area contributed by atoms with Gasteiger partial charge in [-0.1, -0.05) is 35.3 Å². The van der Waals surface area contributed by atoms with Gasteiger partial charge in [-0.2, -0.15) is 0 Å². The number of anilines is 1. The minimum Gasteiger partial charge on any atom is -0.491 e. The monoisotopic (exact) mass is 387 g/mol. The molecule has 26 heavy (non-hydrogen) atoms. The van der Waals surface area contributed by atoms with Gasteiger partial charge < -0.3 is 9.72 Å². The van der Waals surface area contributed by atoms with Crippen molar-refractivity contribution in [3.05, 3.63) is 69.7 Å². The summed E-state index contributed by atoms with van der Waals surface area (Å²) in [7, 11) is 1.50. The van der Waals surface area contributed by atoms with E-state index in [1.54, 1.807) is 17.3 Å². The molecule has 0 unspecified atom stereocenters. The average molecular weight is 388 g/mol. The fourth-order valence-corrected chi connectivity index (χ4v) is 3.82. The fourth-order valence-electron chi connectivity index (χ4n) is 3.41. The van der Waals surface area contributed by atoms with E-state index in [0.717, 1.165) is 27.9 Å². The smallest absolute Gasteiger partial charge is 0.294 e. The molecule has 1 N–H and O–H groups in total. The van der Waals surface area contributed by atoms with Crippen LogP contribution < -0.4 is 4.90 Å². The molecule has 132 valence electrons. The molecular weight excluding hydrogens is 373 g/mol. The van der Waals surface area contributed by atoms with Gasteiger partial charge in [0.15, 0.2) is 5.76 Å². The molecular formula is C19H15Cl2N3O2. The van der Waals surface area contributed by atoms with Gasteiger partial charge in [0, 0.05) is 11.3 Å². The van der Waals surface area contributed by atoms with Crippen molar-refractivity contribution in [3.63, 3.8) is 0 Å². The first-order valence-corrected chi connectivity index (χ1v) is 8.74. The highest BCUT2D eigenvalue weighted by molar-refractivity contribution is 6.42. The number of nitrogens with one attached hydrogen (secondary N) is 1. The predicted octanol–water partition coefficient (Wildman–Crippen LogP) is 4.88. The maximum absolute atomic E-state index is 13.0. The van der Waals surface area contributed by atoms with Crippen LogP contribution in [0.15, 0.2) is 54.1 Å². The van der Waals surface area contributed by atoms with E-state index in [9.17, 15) is 4.79 Å². The van der Waals surface area contributed by atoms with E-state index in [0.29, 0.717) is 15.8 Å². The lowest BCUT2D eigenvalue weighted by Crippen LogP contribution is -2.30. The standard InChI is InChI=1S/C19H15Cl2N3O2/c1-10-17(12-4-3-5-13(20)16(12)21)24(19(25)18(10)26-2)11-6-7-14-15(8-11)23-9-22-14/h3-9,17H,1-2H3,(H,22,23)/t17-/m0/s1. The van der Waals surface area contributed by atoms with Crippen LogP contribution in [-0.4, -0.2) is 23.0 Å². The molecule has 5 nitrogen and oxygen atoms in total. The highest BCUT2D eigenvalue weighted by Gasteiger charge is 2.41. The van der Waals surface area contributed by atoms with Crippen LogP contribution in [0.1, 0.15) is 18.5 Å². The number of H-pyrrole nitrogens is 1. The fraction of sp³-hybridized carbons (Fsp3) is 0.158. The molecule has 1 amide bonds. The quantitative estimate of drug-likeness (QED) is 0.696. The molecule has 1 aromatic heterocycles. The van der Waals surface area contributed by atoms with E-state index >= 15 is 0 Å². The number of ether oxygens (including phenoxy) is 1. The van der Waals surface area contributed by atoms with Crippen molar-refractivity contribution in [1.29, 1.82) is 0 Å². The van der Waals surface area contributed by atoms with Crippen molar-refractivity contribution in [2.24, 2.45) is 0 Å². The number of carbonyl (C=O) groups is 1. The summed E-state index contributed by atoms with van der Waals surface area (Å²) >= 11 is 12.7. The molecule has 2 aromatic carbocycles. The topological polar surface area (TPSA) is 58.2 Å². The third-order valence-corrected chi connectivity index (χ3v) is 5.44. The number of nitrogens with zero attached hydrogens (tertiary/aromatic N) is 2. The Morgan fingerprint density at radius 1 is 1.23 bits per heavy atom. The van der Waals surface area contributed by atoms with Gasteiger partial charge in [-0.3, -0.25) is 9.69 Å². The van der Waals surface area contributed by atoms with Crippen LogP contribution in [0.5, 0.6) is 0 Å². The van der Waals surface area contributed by atoms with Crippen LogP contribution >= 0.6 is 23.2 Å². The van der Waals surface area contributed by atoms with Crippen molar-refractivity contribution in [1.82, 2.24) is 9.97 Å². The van der Waals surface area contributed by atoms with Crippen LogP contribution in [0.4, 0.5) is 5.69 Å². The zero-order valence-electron chi connectivity index (χ0n) is 14.1. The lowest BCUT2D eigenvalue weighted by molar-refractivity contribution is -0.117. The van der Waals surface area contributed by atoms with E-state index in [1.165, 1.54) is 7.11 Å². The minimum absolute atomic E-state index is 0.218. The molecule has 0 bridgehead atoms. The molecule has 0 aliphatic carbocycles. The van der Waals surface area contributed by atoms with Crippen molar-refractivity contribution in [2.75, 3.05) is 12.0 Å². The molecule has 2 heterocycles. The molecule has 3 aromatic rings. The number of aromatic nitrogens is 2. The van der Waals surface area contributed by atoms with Crippen LogP contribution in [0.2, 0.25) is 10.0 Å². The number of hydrogen-bond donors (Lipinski definition) is 1. The van der Waals surface area contributed by atoms with E-state index in [1.807, 2.05) is 37.3 Å². The summed E-state index contributed by atoms with van der Waals surface area (Å²) in [5.74, 6) is 0.0978. The number of rotatable bonds is 3. The largest absolute Gasteiger partial charge is 0.491 e. The Bertz CT molecular complexity index is 1060. The van der Waals surface area contributed by atoms with Gasteiger partial charge in [0.1, 0.15) is 0 Å². The molecule has 1 aliphatic heterocycles. The second kappa shape index (κ2) is 6.34. The van der Waals surface area contributed by atoms with E-state index in [2.05, 4.69) is 9.97 Å². The lowest BCUT2D eigenvalue weighted by atomic mass is 10.00. The molecule has 4 rings (SSSR count). The van der Waals surface area contributed by atoms with Crippen LogP contribution in [0.25, 0.3) is 11.0 Å². The minimum atomic E-state index is -0.399. The molecule has 7 heteroatoms. The highest BCUT2D eigenvalue weighted by atomic mass is 35.5. The Hall–Kier alpha value is -2.50. The van der Waals surface area contributed by atoms with Gasteiger partial charge >= 0.3 is 0 Å². The zero-order valence-corrected chi connectivity index (χ0v) is 15.6. The first-order chi connectivity index (χ1) is 12.5. The van der Waals surface area contributed by atoms with E-state index in [-0.39, 0.29) is 5.91 Å². The van der Waals surface area contributed by atoms with Gasteiger partial charge in [0.25, 0.3) is 5.91 Å². The van der Waals surface area contributed by atoms with Crippen molar-refractivity contribution in [2.45, 2.75) is 13.0 Å². The molecule has 1 aliphatic rings. The van der Waals surface area contributed by atoms with Crippen LogP contribution in [-0.2, 0) is 9.53 Å². The Morgan fingerprint density at radius 2 is 2.04 bits per heavy atom. The van der Waals surface area contributed by atoms with Crippen LogP contribution in [0, 0.1) is 0 Å². The second-order valence-corrected chi connectivity index (χ2v) is 6.83. The number of halogens is 2. The molecule has 0 saturated carbocycles. The maximum atomic E-state index is 13.0. The number of aromatic amines is 1. The summed E-state index contributed by atoms with van der Waals surface area (Å²) in [5, 5.41) is 0.871. The number of benzene rings is 2. The van der Waals surface area contributed by atoms with Gasteiger partial charge in [-0.25, -0.2) is 4.98 Å². The molecule has 0 fully saturated rings. The number of methoxy groups -OCH3 is 1. The summed E-state index contributed by atoms with van der Waals surface area (Å²) in [6.07, 6.45) is 1.62. The summed E-state index contributed by atoms with van der Waals surface area (Å²) in [6, 6.07) is 10.6. The zero-order chi connectivity index (χ0) is 18.4. The van der Waals surface area contributed by atoms with Crippen LogP contribution in [0.3, 0.4) is 0 Å². The van der Waals surface area contributed by atoms with E-state index in [4.69, 9.17) is 27.9 Å². The van der Waals surface area contributed by atoms with Gasteiger partial charge in [0.05, 0.1) is 40.6 Å². The Kier molecular flexibility index (Phi) is 4.13. The SMILES string of the molecule is COC1=C(C)[C@@H](c2cccc(Cl)c2Cl)N(c2ccc3nc[nH]c3c2)C1=O. The summed E-state index contributed by atoms with van der Waals surface area (Å²) in [6.45, 7) is 1.87. The Balaban J connectivity index is 1.91. The molecule has 1 atom stereocenters. The van der Waals surface area contributed by atoms with Gasteiger partial charge in [-0.15, -0.1) is 0 Å². The lowest BCUT2D eigenvalue weighted by Gasteiger charge is -2.27. The number of fused-ring (bicyclic) bond motifs is 1. The van der Waals surface area contributed by atoms with Crippen molar-refractivity contribution in [3.8, 4) is 0 Å². The summed E-state index contributed by atoms with van der Waals surface area (Å²) in [4.78, 5) is 22.0. The normalized spacial score (nSPS) is 17.5. The number of carbonyl (C=O) groups excluding carboxylic acids is 1. The Labute approximate surface area is 160 Å². The van der Waals surface area contributed by atoms with Crippen molar-refractivity contribution >= 4 is 45.8 Å². The third-order valence-electron chi connectivity index (χ3n) is 4.60. The number of imidazole rings is 1. The second-order valence-electron chi connectivity index (χ2n) is 6.04. The first kappa shape index (κ1) is 16.9. The predicted molar refractivity (Wildman–Crippen MR) is 102 cm³/mol.